The van der Waals surface area contributed by atoms with Crippen LogP contribution >= 0.6 is 22.7 Å². The van der Waals surface area contributed by atoms with E-state index in [4.69, 9.17) is 19.4 Å². The number of likely N-dealkylation sites (tertiary alicyclic amines) is 2. The highest BCUT2D eigenvalue weighted by Gasteiger charge is 2.39. The Hall–Kier alpha value is -6.00. The second-order valence-corrected chi connectivity index (χ2v) is 17.3. The van der Waals surface area contributed by atoms with Gasteiger partial charge < -0.3 is 39.9 Å². The number of methoxy groups -OCH3 is 2. The molecule has 4 amide bonds. The molecule has 4 N–H and O–H groups in total. The van der Waals surface area contributed by atoms with E-state index in [9.17, 15) is 19.2 Å². The summed E-state index contributed by atoms with van der Waals surface area (Å²) >= 11 is 3.43. The molecule has 0 aliphatic carbocycles. The minimum absolute atomic E-state index is 0.102. The van der Waals surface area contributed by atoms with E-state index in [-0.39, 0.29) is 29.8 Å². The molecule has 0 radical (unpaired) electrons. The zero-order valence-electron chi connectivity index (χ0n) is 33.2. The summed E-state index contributed by atoms with van der Waals surface area (Å²) in [5, 5.41) is 5.42. The van der Waals surface area contributed by atoms with Crippen molar-refractivity contribution >= 4 is 56.1 Å². The van der Waals surface area contributed by atoms with Crippen LogP contribution in [0.1, 0.15) is 74.9 Å². The van der Waals surface area contributed by atoms with Crippen molar-refractivity contribution in [1.29, 1.82) is 0 Å². The van der Waals surface area contributed by atoms with Crippen LogP contribution in [0.2, 0.25) is 0 Å². The summed E-state index contributed by atoms with van der Waals surface area (Å²) in [6.07, 6.45) is 5.58. The molecule has 8 rings (SSSR count). The number of ether oxygens (including phenoxy) is 2. The molecule has 2 aliphatic heterocycles. The maximum absolute atomic E-state index is 13.9. The first-order valence-electron chi connectivity index (χ1n) is 19.7. The number of amides is 4. The highest BCUT2D eigenvalue weighted by molar-refractivity contribution is 7.31. The first kappa shape index (κ1) is 39.8. The van der Waals surface area contributed by atoms with Crippen LogP contribution in [-0.2, 0) is 19.1 Å². The van der Waals surface area contributed by atoms with E-state index in [0.717, 1.165) is 63.8 Å². The Labute approximate surface area is 349 Å². The second kappa shape index (κ2) is 17.1. The van der Waals surface area contributed by atoms with Gasteiger partial charge in [0.15, 0.2) is 0 Å². The largest absolute Gasteiger partial charge is 0.453 e. The maximum atomic E-state index is 13.9. The zero-order chi connectivity index (χ0) is 41.2. The monoisotopic (exact) mass is 834 g/mol. The van der Waals surface area contributed by atoms with Gasteiger partial charge in [0.05, 0.1) is 55.0 Å². The molecule has 14 nitrogen and oxygen atoms in total. The van der Waals surface area contributed by atoms with Gasteiger partial charge in [-0.15, -0.1) is 22.7 Å². The lowest BCUT2D eigenvalue weighted by Crippen LogP contribution is -2.51. The van der Waals surface area contributed by atoms with Crippen LogP contribution in [0.5, 0.6) is 0 Å². The first-order chi connectivity index (χ1) is 28.6. The number of H-pyrrole nitrogens is 2. The number of hydrogen-bond donors (Lipinski definition) is 4. The third-order valence-electron chi connectivity index (χ3n) is 11.1. The van der Waals surface area contributed by atoms with Crippen molar-refractivity contribution in [3.63, 3.8) is 0 Å². The van der Waals surface area contributed by atoms with Gasteiger partial charge in [-0.05, 0) is 60.4 Å². The Morgan fingerprint density at radius 1 is 0.712 bits per heavy atom. The summed E-state index contributed by atoms with van der Waals surface area (Å²) in [7, 11) is 2.58. The van der Waals surface area contributed by atoms with Crippen molar-refractivity contribution in [2.45, 2.75) is 63.7 Å². The van der Waals surface area contributed by atoms with E-state index in [0.29, 0.717) is 24.5 Å². The lowest BCUT2D eigenvalue weighted by molar-refractivity contribution is -0.135. The summed E-state index contributed by atoms with van der Waals surface area (Å²) < 4.78 is 12.0. The van der Waals surface area contributed by atoms with Gasteiger partial charge in [0.2, 0.25) is 5.91 Å². The normalized spacial score (nSPS) is 17.6. The molecular weight excluding hydrogens is 789 g/mol. The second-order valence-electron chi connectivity index (χ2n) is 15.1. The SMILES string of the molecule is COC(=O)N[C@H](C(=O)N1CCC[C@@H]1c1ncc(-c2ccc(-c3cc4sc(-c5cnc([C@H]6CCCN6C(=O)[C@@H](NC(=O)OC)C(C)C)[nH]5)cc4s3)cc2)[nH]1)c1ccccc1. The fourth-order valence-electron chi connectivity index (χ4n) is 7.99. The lowest BCUT2D eigenvalue weighted by atomic mass is 10.0. The molecular formula is C43H46N8O6S2. The fourth-order valence-corrected chi connectivity index (χ4v) is 10.4. The number of aromatic amines is 2. The van der Waals surface area contributed by atoms with E-state index < -0.39 is 24.3 Å². The summed E-state index contributed by atoms with van der Waals surface area (Å²) in [4.78, 5) is 73.9. The van der Waals surface area contributed by atoms with Crippen molar-refractivity contribution in [2.75, 3.05) is 27.3 Å². The van der Waals surface area contributed by atoms with Gasteiger partial charge >= 0.3 is 12.2 Å². The molecule has 16 heteroatoms. The predicted octanol–water partition coefficient (Wildman–Crippen LogP) is 8.21. The number of hydrogen-bond acceptors (Lipinski definition) is 10. The van der Waals surface area contributed by atoms with Gasteiger partial charge in [-0.2, -0.15) is 0 Å². The summed E-state index contributed by atoms with van der Waals surface area (Å²) in [6, 6.07) is 20.0. The Bertz CT molecular complexity index is 2420. The molecule has 0 spiro atoms. The lowest BCUT2D eigenvalue weighted by Gasteiger charge is -2.30. The molecule has 6 aromatic rings. The van der Waals surface area contributed by atoms with Gasteiger partial charge in [-0.25, -0.2) is 19.6 Å². The molecule has 2 saturated heterocycles. The number of nitrogens with one attached hydrogen (secondary N) is 4. The molecule has 4 atom stereocenters. The minimum Gasteiger partial charge on any atom is -0.453 e. The molecule has 2 fully saturated rings. The number of aromatic nitrogens is 4. The van der Waals surface area contributed by atoms with Crippen LogP contribution in [0.15, 0.2) is 79.1 Å². The number of benzene rings is 2. The quantitative estimate of drug-likeness (QED) is 0.101. The standard InChI is InChI=1S/C43H46N8O6S2/c1-24(2)36(48-42(54)56-3)40(52)50-18-8-13-31(50)39-45-23-29(47-39)33-21-35-34(59-33)20-32(58-35)26-16-14-25(15-17-26)28-22-44-38(46-28)30-12-9-19-51(30)41(53)37(49-43(55)57-4)27-10-6-5-7-11-27/h5-7,10-11,14-17,20-24,30-31,36-37H,8-9,12-13,18-19H2,1-4H3,(H,44,46)(H,45,47)(H,48,54)(H,49,55)/t30-,31-,36+,37+/m1/s1. The fraction of sp³-hybridized carbons (Fsp3) is 0.349. The Morgan fingerprint density at radius 2 is 1.25 bits per heavy atom. The van der Waals surface area contributed by atoms with Crippen molar-refractivity contribution in [3.05, 3.63) is 96.3 Å². The topological polar surface area (TPSA) is 175 Å². The van der Waals surface area contributed by atoms with Crippen LogP contribution < -0.4 is 10.6 Å². The highest BCUT2D eigenvalue weighted by atomic mass is 32.1. The number of alkyl carbamates (subject to hydrolysis) is 2. The minimum atomic E-state index is -0.877. The van der Waals surface area contributed by atoms with E-state index in [2.05, 4.69) is 57.0 Å². The number of carbonyl (C=O) groups is 4. The first-order valence-corrected chi connectivity index (χ1v) is 21.3. The van der Waals surface area contributed by atoms with Crippen LogP contribution in [-0.4, -0.2) is 87.1 Å². The van der Waals surface area contributed by atoms with Gasteiger partial charge in [-0.1, -0.05) is 68.4 Å². The van der Waals surface area contributed by atoms with Crippen LogP contribution in [0.4, 0.5) is 9.59 Å². The van der Waals surface area contributed by atoms with Gasteiger partial charge in [-0.3, -0.25) is 9.59 Å². The van der Waals surface area contributed by atoms with Crippen molar-refractivity contribution in [3.8, 4) is 32.3 Å². The van der Waals surface area contributed by atoms with E-state index in [1.54, 1.807) is 27.6 Å². The van der Waals surface area contributed by atoms with Gasteiger partial charge in [0.1, 0.15) is 23.7 Å². The van der Waals surface area contributed by atoms with E-state index >= 15 is 0 Å². The number of nitrogens with zero attached hydrogens (tertiary/aromatic N) is 4. The Balaban J connectivity index is 0.935. The highest BCUT2D eigenvalue weighted by Crippen LogP contribution is 2.42. The van der Waals surface area contributed by atoms with Crippen molar-refractivity contribution in [1.82, 2.24) is 40.4 Å². The Kier molecular flexibility index (Phi) is 11.5. The summed E-state index contributed by atoms with van der Waals surface area (Å²) in [6.45, 7) is 4.97. The average Bonchev–Trinajstić information content (AvgIpc) is 4.10. The predicted molar refractivity (Wildman–Crippen MR) is 227 cm³/mol. The maximum Gasteiger partial charge on any atom is 0.407 e. The average molecular weight is 835 g/mol. The van der Waals surface area contributed by atoms with E-state index in [1.807, 2.05) is 61.5 Å². The molecule has 2 aliphatic rings. The van der Waals surface area contributed by atoms with Crippen molar-refractivity contribution in [2.24, 2.45) is 5.92 Å². The zero-order valence-corrected chi connectivity index (χ0v) is 34.8. The van der Waals surface area contributed by atoms with Crippen LogP contribution in [0, 0.1) is 5.92 Å². The molecule has 0 unspecified atom stereocenters. The molecule has 6 heterocycles. The van der Waals surface area contributed by atoms with Gasteiger partial charge in [0, 0.05) is 27.4 Å². The number of thiophene rings is 2. The summed E-state index contributed by atoms with van der Waals surface area (Å²) in [5.41, 5.74) is 4.54. The van der Waals surface area contributed by atoms with Gasteiger partial charge in [0.25, 0.3) is 5.91 Å². The Morgan fingerprint density at radius 3 is 1.88 bits per heavy atom. The number of rotatable bonds is 11. The molecule has 59 heavy (non-hydrogen) atoms. The van der Waals surface area contributed by atoms with Crippen LogP contribution in [0.3, 0.4) is 0 Å². The molecule has 4 aromatic heterocycles. The van der Waals surface area contributed by atoms with Crippen molar-refractivity contribution < 1.29 is 28.7 Å². The van der Waals surface area contributed by atoms with Crippen LogP contribution in [0.25, 0.3) is 41.7 Å². The molecule has 0 saturated carbocycles. The molecule has 2 aromatic carbocycles. The third-order valence-corrected chi connectivity index (χ3v) is 13.4. The van der Waals surface area contributed by atoms with E-state index in [1.165, 1.54) is 23.6 Å². The smallest absolute Gasteiger partial charge is 0.407 e. The molecule has 0 bridgehead atoms. The number of carbonyl (C=O) groups excluding carboxylic acids is 4. The third kappa shape index (κ3) is 8.19. The number of fused-ring (bicyclic) bond motifs is 1. The molecule has 306 valence electrons. The number of imidazole rings is 2. The summed E-state index contributed by atoms with van der Waals surface area (Å²) in [5.74, 6) is 1.01.